The number of hydrogen-bond donors (Lipinski definition) is 1. The SMILES string of the molecule is CCCOc1c(Cl)cc(C(=O)Nc2ccc(OCC)cc2)cc1OCC. The van der Waals surface area contributed by atoms with Crippen LogP contribution >= 0.6 is 11.6 Å². The van der Waals surface area contributed by atoms with Crippen LogP contribution in [0.1, 0.15) is 37.6 Å². The normalized spacial score (nSPS) is 10.3. The molecule has 0 aliphatic rings. The van der Waals surface area contributed by atoms with E-state index in [-0.39, 0.29) is 5.91 Å². The second-order valence-electron chi connectivity index (χ2n) is 5.48. The maximum absolute atomic E-state index is 12.6. The monoisotopic (exact) mass is 377 g/mol. The lowest BCUT2D eigenvalue weighted by Gasteiger charge is -2.15. The van der Waals surface area contributed by atoms with E-state index < -0.39 is 0 Å². The van der Waals surface area contributed by atoms with Gasteiger partial charge in [-0.1, -0.05) is 18.5 Å². The molecular weight excluding hydrogens is 354 g/mol. The average molecular weight is 378 g/mol. The molecule has 0 aliphatic heterocycles. The lowest BCUT2D eigenvalue weighted by Crippen LogP contribution is -2.12. The number of nitrogens with one attached hydrogen (secondary N) is 1. The molecule has 0 saturated carbocycles. The molecule has 0 radical (unpaired) electrons. The molecule has 0 bridgehead atoms. The molecule has 0 aliphatic carbocycles. The Labute approximate surface area is 159 Å². The second-order valence-corrected chi connectivity index (χ2v) is 5.89. The van der Waals surface area contributed by atoms with E-state index >= 15 is 0 Å². The summed E-state index contributed by atoms with van der Waals surface area (Å²) < 4.78 is 16.6. The van der Waals surface area contributed by atoms with Gasteiger partial charge in [0.15, 0.2) is 11.5 Å². The van der Waals surface area contributed by atoms with Crippen molar-refractivity contribution in [2.24, 2.45) is 0 Å². The molecular formula is C20H24ClNO4. The number of benzene rings is 2. The smallest absolute Gasteiger partial charge is 0.255 e. The van der Waals surface area contributed by atoms with Gasteiger partial charge < -0.3 is 19.5 Å². The highest BCUT2D eigenvalue weighted by atomic mass is 35.5. The Morgan fingerprint density at radius 3 is 2.31 bits per heavy atom. The van der Waals surface area contributed by atoms with E-state index in [2.05, 4.69) is 5.32 Å². The molecule has 0 aromatic heterocycles. The molecule has 5 nitrogen and oxygen atoms in total. The number of carbonyl (C=O) groups excluding carboxylic acids is 1. The Kier molecular flexibility index (Phi) is 7.60. The van der Waals surface area contributed by atoms with Crippen molar-refractivity contribution in [3.05, 3.63) is 47.0 Å². The van der Waals surface area contributed by atoms with Crippen molar-refractivity contribution in [2.45, 2.75) is 27.2 Å². The summed E-state index contributed by atoms with van der Waals surface area (Å²) >= 11 is 6.31. The highest BCUT2D eigenvalue weighted by molar-refractivity contribution is 6.32. The van der Waals surface area contributed by atoms with Crippen LogP contribution in [0.2, 0.25) is 5.02 Å². The van der Waals surface area contributed by atoms with Gasteiger partial charge in [-0.25, -0.2) is 0 Å². The lowest BCUT2D eigenvalue weighted by molar-refractivity contribution is 0.102. The third-order valence-corrected chi connectivity index (χ3v) is 3.73. The molecule has 0 heterocycles. The van der Waals surface area contributed by atoms with Gasteiger partial charge in [0.2, 0.25) is 0 Å². The Balaban J connectivity index is 2.19. The quantitative estimate of drug-likeness (QED) is 0.654. The molecule has 140 valence electrons. The van der Waals surface area contributed by atoms with Crippen molar-refractivity contribution in [2.75, 3.05) is 25.1 Å². The first-order chi connectivity index (χ1) is 12.6. The largest absolute Gasteiger partial charge is 0.494 e. The summed E-state index contributed by atoms with van der Waals surface area (Å²) in [4.78, 5) is 12.6. The van der Waals surface area contributed by atoms with Gasteiger partial charge in [-0.05, 0) is 56.7 Å². The van der Waals surface area contributed by atoms with E-state index in [1.165, 1.54) is 0 Å². The van der Waals surface area contributed by atoms with Crippen LogP contribution in [0.5, 0.6) is 17.2 Å². The molecule has 2 aromatic rings. The number of ether oxygens (including phenoxy) is 3. The van der Waals surface area contributed by atoms with Gasteiger partial charge in [0.25, 0.3) is 5.91 Å². The van der Waals surface area contributed by atoms with E-state index in [0.717, 1.165) is 12.2 Å². The summed E-state index contributed by atoms with van der Waals surface area (Å²) in [6.07, 6.45) is 0.849. The number of hydrogen-bond acceptors (Lipinski definition) is 4. The second kappa shape index (κ2) is 9.92. The number of halogens is 1. The van der Waals surface area contributed by atoms with Crippen LogP contribution in [0.15, 0.2) is 36.4 Å². The number of rotatable bonds is 9. The predicted octanol–water partition coefficient (Wildman–Crippen LogP) is 5.18. The van der Waals surface area contributed by atoms with E-state index in [1.807, 2.05) is 20.8 Å². The zero-order valence-corrected chi connectivity index (χ0v) is 16.1. The molecule has 2 aromatic carbocycles. The summed E-state index contributed by atoms with van der Waals surface area (Å²) in [7, 11) is 0. The Morgan fingerprint density at radius 2 is 1.69 bits per heavy atom. The van der Waals surface area contributed by atoms with E-state index in [4.69, 9.17) is 25.8 Å². The fourth-order valence-electron chi connectivity index (χ4n) is 2.31. The minimum Gasteiger partial charge on any atom is -0.494 e. The van der Waals surface area contributed by atoms with Crippen LogP contribution in [0.4, 0.5) is 5.69 Å². The summed E-state index contributed by atoms with van der Waals surface area (Å²) in [5.41, 5.74) is 1.06. The molecule has 2 rings (SSSR count). The van der Waals surface area contributed by atoms with Crippen molar-refractivity contribution in [1.82, 2.24) is 0 Å². The van der Waals surface area contributed by atoms with Crippen molar-refractivity contribution in [3.8, 4) is 17.2 Å². The number of anilines is 1. The van der Waals surface area contributed by atoms with E-state index in [0.29, 0.717) is 47.6 Å². The predicted molar refractivity (Wildman–Crippen MR) is 104 cm³/mol. The van der Waals surface area contributed by atoms with Crippen LogP contribution < -0.4 is 19.5 Å². The summed E-state index contributed by atoms with van der Waals surface area (Å²) in [5.74, 6) is 1.40. The molecule has 0 saturated heterocycles. The van der Waals surface area contributed by atoms with Crippen LogP contribution in [0, 0.1) is 0 Å². The number of carbonyl (C=O) groups is 1. The van der Waals surface area contributed by atoms with Gasteiger partial charge in [-0.3, -0.25) is 4.79 Å². The Hall–Kier alpha value is -2.40. The van der Waals surface area contributed by atoms with E-state index in [1.54, 1.807) is 36.4 Å². The fraction of sp³-hybridized carbons (Fsp3) is 0.350. The van der Waals surface area contributed by atoms with Gasteiger partial charge >= 0.3 is 0 Å². The van der Waals surface area contributed by atoms with Crippen LogP contribution in [-0.4, -0.2) is 25.7 Å². The Morgan fingerprint density at radius 1 is 1.00 bits per heavy atom. The van der Waals surface area contributed by atoms with Gasteiger partial charge in [0, 0.05) is 11.3 Å². The standard InChI is InChI=1S/C20H24ClNO4/c1-4-11-26-19-17(21)12-14(13-18(19)25-6-3)20(23)22-15-7-9-16(10-8-15)24-5-2/h7-10,12-13H,4-6,11H2,1-3H3,(H,22,23). The molecule has 1 amide bonds. The summed E-state index contributed by atoms with van der Waals surface area (Å²) in [6, 6.07) is 10.4. The average Bonchev–Trinajstić information content (AvgIpc) is 2.63. The maximum Gasteiger partial charge on any atom is 0.255 e. The van der Waals surface area contributed by atoms with Crippen molar-refractivity contribution < 1.29 is 19.0 Å². The summed E-state index contributed by atoms with van der Waals surface area (Å²) in [5, 5.41) is 3.19. The third kappa shape index (κ3) is 5.30. The van der Waals surface area contributed by atoms with Crippen molar-refractivity contribution in [1.29, 1.82) is 0 Å². The minimum absolute atomic E-state index is 0.279. The fourth-order valence-corrected chi connectivity index (χ4v) is 2.58. The highest BCUT2D eigenvalue weighted by Gasteiger charge is 2.16. The highest BCUT2D eigenvalue weighted by Crippen LogP contribution is 2.37. The van der Waals surface area contributed by atoms with Crippen LogP contribution in [-0.2, 0) is 0 Å². The minimum atomic E-state index is -0.279. The number of amides is 1. The van der Waals surface area contributed by atoms with Gasteiger partial charge in [-0.2, -0.15) is 0 Å². The van der Waals surface area contributed by atoms with Gasteiger partial charge in [-0.15, -0.1) is 0 Å². The Bertz CT molecular complexity index is 731. The molecule has 26 heavy (non-hydrogen) atoms. The first kappa shape index (κ1) is 19.9. The molecule has 0 spiro atoms. The topological polar surface area (TPSA) is 56.8 Å². The van der Waals surface area contributed by atoms with Crippen molar-refractivity contribution >= 4 is 23.2 Å². The third-order valence-electron chi connectivity index (χ3n) is 3.45. The van der Waals surface area contributed by atoms with Crippen LogP contribution in [0.3, 0.4) is 0 Å². The molecule has 6 heteroatoms. The molecule has 0 atom stereocenters. The van der Waals surface area contributed by atoms with Crippen LogP contribution in [0.25, 0.3) is 0 Å². The molecule has 0 unspecified atom stereocenters. The van der Waals surface area contributed by atoms with Crippen molar-refractivity contribution in [3.63, 3.8) is 0 Å². The summed E-state index contributed by atoms with van der Waals surface area (Å²) in [6.45, 7) is 7.36. The van der Waals surface area contributed by atoms with E-state index in [9.17, 15) is 4.79 Å². The lowest BCUT2D eigenvalue weighted by atomic mass is 10.1. The van der Waals surface area contributed by atoms with Gasteiger partial charge in [0.1, 0.15) is 5.75 Å². The zero-order valence-electron chi connectivity index (χ0n) is 15.3. The first-order valence-corrected chi connectivity index (χ1v) is 9.10. The molecule has 1 N–H and O–H groups in total. The maximum atomic E-state index is 12.6. The van der Waals surface area contributed by atoms with Gasteiger partial charge in [0.05, 0.1) is 24.8 Å². The first-order valence-electron chi connectivity index (χ1n) is 8.72. The molecule has 0 fully saturated rings. The zero-order chi connectivity index (χ0) is 18.9.